The highest BCUT2D eigenvalue weighted by Gasteiger charge is 2.21. The van der Waals surface area contributed by atoms with E-state index in [9.17, 15) is 0 Å². The second-order valence-corrected chi connectivity index (χ2v) is 14.4. The Bertz CT molecular complexity index is 1870. The average molecular weight is 759 g/mol. The number of aryl methyl sites for hydroxylation is 1. The molecule has 4 aromatic carbocycles. The lowest BCUT2D eigenvalue weighted by Gasteiger charge is -2.22. The van der Waals surface area contributed by atoms with Crippen LogP contribution >= 0.6 is 57.3 Å². The SMILES string of the molecule is CC[n+]1c(C=C/C(=C\N(c2ccccc2)c2ccccc2)CCC=CC=C2Sc3ccc(I)cc3N2C)sc2ccc(Cl)cc21. The molecule has 1 aliphatic rings. The van der Waals surface area contributed by atoms with Gasteiger partial charge in [-0.3, -0.25) is 0 Å². The predicted octanol–water partition coefficient (Wildman–Crippen LogP) is 11.6. The monoisotopic (exact) mass is 758 g/mol. The molecule has 0 saturated carbocycles. The van der Waals surface area contributed by atoms with Gasteiger partial charge in [-0.1, -0.05) is 89.3 Å². The Morgan fingerprint density at radius 3 is 2.40 bits per heavy atom. The number of nitrogens with zero attached hydrogens (tertiary/aromatic N) is 3. The Labute approximate surface area is 293 Å². The Morgan fingerprint density at radius 2 is 1.69 bits per heavy atom. The third kappa shape index (κ3) is 7.58. The van der Waals surface area contributed by atoms with Gasteiger partial charge in [-0.25, -0.2) is 0 Å². The molecule has 7 heteroatoms. The fraction of sp³-hybridized carbons (Fsp3) is 0.132. The molecule has 0 radical (unpaired) electrons. The van der Waals surface area contributed by atoms with Crippen LogP contribution in [0.3, 0.4) is 0 Å². The number of hydrogen-bond donors (Lipinski definition) is 0. The highest BCUT2D eigenvalue weighted by Crippen LogP contribution is 2.45. The minimum Gasteiger partial charge on any atom is -0.338 e. The first kappa shape index (κ1) is 31.7. The summed E-state index contributed by atoms with van der Waals surface area (Å²) in [6.45, 7) is 3.07. The largest absolute Gasteiger partial charge is 0.338 e. The summed E-state index contributed by atoms with van der Waals surface area (Å²) >= 11 is 12.4. The van der Waals surface area contributed by atoms with E-state index < -0.39 is 0 Å². The minimum atomic E-state index is 0.766. The number of hydrogen-bond acceptors (Lipinski definition) is 4. The van der Waals surface area contributed by atoms with Crippen molar-refractivity contribution in [3.05, 3.63) is 152 Å². The lowest BCUT2D eigenvalue weighted by Crippen LogP contribution is -2.33. The maximum absolute atomic E-state index is 6.36. The van der Waals surface area contributed by atoms with Gasteiger partial charge in [-0.15, -0.1) is 0 Å². The molecule has 45 heavy (non-hydrogen) atoms. The number of allylic oxidation sites excluding steroid dienone is 5. The number of para-hydroxylation sites is 2. The van der Waals surface area contributed by atoms with Gasteiger partial charge in [0.25, 0.3) is 5.01 Å². The third-order valence-corrected chi connectivity index (χ3v) is 10.8. The van der Waals surface area contributed by atoms with Crippen LogP contribution in [0.15, 0.2) is 143 Å². The molecule has 0 fully saturated rings. The summed E-state index contributed by atoms with van der Waals surface area (Å²) in [6.07, 6.45) is 15.3. The fourth-order valence-corrected chi connectivity index (χ4v) is 8.11. The van der Waals surface area contributed by atoms with Gasteiger partial charge in [-0.05, 0) is 109 Å². The highest BCUT2D eigenvalue weighted by atomic mass is 127. The molecule has 1 aromatic heterocycles. The van der Waals surface area contributed by atoms with Crippen molar-refractivity contribution in [2.45, 2.75) is 31.2 Å². The Kier molecular flexibility index (Phi) is 10.5. The maximum Gasteiger partial charge on any atom is 0.262 e. The van der Waals surface area contributed by atoms with Crippen LogP contribution in [-0.4, -0.2) is 7.05 Å². The topological polar surface area (TPSA) is 10.4 Å². The van der Waals surface area contributed by atoms with Crippen LogP contribution in [0.25, 0.3) is 16.3 Å². The molecule has 226 valence electrons. The molecule has 0 bridgehead atoms. The average Bonchev–Trinajstić information content (AvgIpc) is 3.57. The number of aromatic nitrogens is 1. The Balaban J connectivity index is 1.29. The van der Waals surface area contributed by atoms with Crippen molar-refractivity contribution in [2.75, 3.05) is 16.8 Å². The van der Waals surface area contributed by atoms with Crippen LogP contribution in [0.2, 0.25) is 5.02 Å². The van der Waals surface area contributed by atoms with Crippen molar-refractivity contribution < 1.29 is 4.57 Å². The van der Waals surface area contributed by atoms with E-state index in [4.69, 9.17) is 11.6 Å². The number of thioether (sulfide) groups is 1. The molecule has 0 amide bonds. The summed E-state index contributed by atoms with van der Waals surface area (Å²) < 4.78 is 4.84. The second-order valence-electron chi connectivity index (χ2n) is 10.6. The number of anilines is 3. The molecular weight excluding hydrogens is 725 g/mol. The Hall–Kier alpha value is -3.30. The molecule has 0 unspecified atom stereocenters. The number of thiazole rings is 1. The number of halogens is 2. The van der Waals surface area contributed by atoms with Gasteiger partial charge in [0, 0.05) is 50.3 Å². The molecule has 0 spiro atoms. The van der Waals surface area contributed by atoms with Crippen LogP contribution in [-0.2, 0) is 6.54 Å². The van der Waals surface area contributed by atoms with Gasteiger partial charge in [0.2, 0.25) is 5.52 Å². The lowest BCUT2D eigenvalue weighted by molar-refractivity contribution is -0.665. The molecule has 6 rings (SSSR count). The molecule has 0 saturated heterocycles. The predicted molar refractivity (Wildman–Crippen MR) is 205 cm³/mol. The summed E-state index contributed by atoms with van der Waals surface area (Å²) in [4.78, 5) is 5.87. The van der Waals surface area contributed by atoms with Crippen LogP contribution in [0.5, 0.6) is 0 Å². The lowest BCUT2D eigenvalue weighted by atomic mass is 10.1. The molecule has 1 aliphatic heterocycles. The van der Waals surface area contributed by atoms with E-state index in [-0.39, 0.29) is 0 Å². The van der Waals surface area contributed by atoms with Gasteiger partial charge < -0.3 is 9.80 Å². The van der Waals surface area contributed by atoms with E-state index in [1.54, 1.807) is 11.3 Å². The molecule has 0 aliphatic carbocycles. The van der Waals surface area contributed by atoms with E-state index in [2.05, 4.69) is 179 Å². The first-order chi connectivity index (χ1) is 22.0. The summed E-state index contributed by atoms with van der Waals surface area (Å²) in [6, 6.07) is 33.9. The fourth-order valence-electron chi connectivity index (χ4n) is 5.32. The van der Waals surface area contributed by atoms with Crippen molar-refractivity contribution in [1.29, 1.82) is 0 Å². The second kappa shape index (κ2) is 14.9. The van der Waals surface area contributed by atoms with E-state index >= 15 is 0 Å². The molecule has 0 atom stereocenters. The van der Waals surface area contributed by atoms with E-state index in [0.29, 0.717) is 0 Å². The van der Waals surface area contributed by atoms with Crippen LogP contribution in [0.4, 0.5) is 17.1 Å². The smallest absolute Gasteiger partial charge is 0.262 e. The van der Waals surface area contributed by atoms with E-state index in [1.807, 2.05) is 17.8 Å². The van der Waals surface area contributed by atoms with Gasteiger partial charge in [0.1, 0.15) is 11.2 Å². The van der Waals surface area contributed by atoms with Crippen LogP contribution in [0.1, 0.15) is 24.8 Å². The highest BCUT2D eigenvalue weighted by molar-refractivity contribution is 14.1. The van der Waals surface area contributed by atoms with Crippen molar-refractivity contribution in [1.82, 2.24) is 0 Å². The van der Waals surface area contributed by atoms with Gasteiger partial charge >= 0.3 is 0 Å². The summed E-state index contributed by atoms with van der Waals surface area (Å²) in [5.41, 5.74) is 5.96. The van der Waals surface area contributed by atoms with Crippen LogP contribution in [0, 0.1) is 3.57 Å². The minimum absolute atomic E-state index is 0.766. The first-order valence-electron chi connectivity index (χ1n) is 15.0. The van der Waals surface area contributed by atoms with Gasteiger partial charge in [0.15, 0.2) is 0 Å². The number of rotatable bonds is 10. The zero-order valence-corrected chi connectivity index (χ0v) is 29.8. The standard InChI is InChI=1S/C38H34ClIN3S2/c1-3-42-34-25-29(39)20-22-36(34)45-38(42)24-19-28(27-43(31-14-8-5-9-15-31)32-16-10-6-11-17-32)13-7-4-12-18-37-41(2)33-26-30(40)21-23-35(33)44-37/h4-6,8-12,14-27H,3,7,13H2,1-2H3/q+1. The number of benzene rings is 4. The van der Waals surface area contributed by atoms with E-state index in [1.165, 1.54) is 40.0 Å². The zero-order chi connectivity index (χ0) is 31.2. The van der Waals surface area contributed by atoms with Crippen molar-refractivity contribution in [3.63, 3.8) is 0 Å². The molecule has 2 heterocycles. The first-order valence-corrected chi connectivity index (χ1v) is 18.1. The maximum atomic E-state index is 6.36. The molecule has 0 N–H and O–H groups in total. The normalized spacial score (nSPS) is 14.4. The van der Waals surface area contributed by atoms with Crippen LogP contribution < -0.4 is 14.4 Å². The Morgan fingerprint density at radius 1 is 0.956 bits per heavy atom. The molecule has 5 aromatic rings. The quantitative estimate of drug-likeness (QED) is 0.0798. The summed E-state index contributed by atoms with van der Waals surface area (Å²) in [5, 5.41) is 3.22. The van der Waals surface area contributed by atoms with Crippen molar-refractivity contribution in [2.24, 2.45) is 0 Å². The van der Waals surface area contributed by atoms with Crippen molar-refractivity contribution in [3.8, 4) is 0 Å². The third-order valence-electron chi connectivity index (χ3n) is 7.61. The molecular formula is C38H34ClIN3S2+. The van der Waals surface area contributed by atoms with E-state index in [0.717, 1.165) is 35.8 Å². The zero-order valence-electron chi connectivity index (χ0n) is 25.2. The number of fused-ring (bicyclic) bond motifs is 2. The summed E-state index contributed by atoms with van der Waals surface area (Å²) in [5.74, 6) is 0. The van der Waals surface area contributed by atoms with Gasteiger partial charge in [0.05, 0.1) is 10.7 Å². The van der Waals surface area contributed by atoms with Gasteiger partial charge in [-0.2, -0.15) is 4.57 Å². The molecule has 3 nitrogen and oxygen atoms in total. The van der Waals surface area contributed by atoms with Crippen molar-refractivity contribution >= 4 is 90.6 Å². The summed E-state index contributed by atoms with van der Waals surface area (Å²) in [7, 11) is 2.15.